The lowest BCUT2D eigenvalue weighted by atomic mass is 9.81. The minimum Gasteiger partial charge on any atom is -0.303 e. The van der Waals surface area contributed by atoms with Gasteiger partial charge in [-0.15, -0.1) is 0 Å². The van der Waals surface area contributed by atoms with Gasteiger partial charge in [0.15, 0.2) is 0 Å². The van der Waals surface area contributed by atoms with Crippen molar-refractivity contribution in [3.05, 3.63) is 11.6 Å². The Balaban J connectivity index is 2.52. The van der Waals surface area contributed by atoms with Crippen molar-refractivity contribution in [2.45, 2.75) is 39.5 Å². The topological polar surface area (TPSA) is 17.1 Å². The summed E-state index contributed by atoms with van der Waals surface area (Å²) >= 11 is 0. The fraction of sp³-hybridized carbons (Fsp3) is 0.727. The van der Waals surface area contributed by atoms with Crippen molar-refractivity contribution >= 4 is 6.29 Å². The molecule has 1 nitrogen and oxygen atoms in total. The van der Waals surface area contributed by atoms with E-state index >= 15 is 0 Å². The van der Waals surface area contributed by atoms with E-state index in [-0.39, 0.29) is 5.92 Å². The first kappa shape index (κ1) is 9.50. The first-order valence-electron chi connectivity index (χ1n) is 4.88. The number of rotatable bonds is 3. The molecule has 0 bridgehead atoms. The molecule has 0 fully saturated rings. The number of carbonyl (C=O) groups excluding carboxylic acids is 1. The third-order valence-electron chi connectivity index (χ3n) is 2.59. The molecule has 0 spiro atoms. The normalized spacial score (nSPS) is 29.7. The Morgan fingerprint density at radius 2 is 2.42 bits per heavy atom. The predicted octanol–water partition coefficient (Wildman–Crippen LogP) is 2.96. The molecule has 1 heteroatoms. The molecule has 0 aromatic heterocycles. The van der Waals surface area contributed by atoms with Crippen LogP contribution in [0.1, 0.15) is 39.5 Å². The molecule has 12 heavy (non-hydrogen) atoms. The molecule has 68 valence electrons. The van der Waals surface area contributed by atoms with E-state index in [2.05, 4.69) is 19.9 Å². The second kappa shape index (κ2) is 4.44. The van der Waals surface area contributed by atoms with E-state index in [9.17, 15) is 4.79 Å². The van der Waals surface area contributed by atoms with Crippen molar-refractivity contribution in [2.24, 2.45) is 11.8 Å². The fourth-order valence-electron chi connectivity index (χ4n) is 2.15. The maximum absolute atomic E-state index is 10.6. The summed E-state index contributed by atoms with van der Waals surface area (Å²) in [5.41, 5.74) is 1.40. The van der Waals surface area contributed by atoms with Crippen LogP contribution in [0.15, 0.2) is 11.6 Å². The summed E-state index contributed by atoms with van der Waals surface area (Å²) in [7, 11) is 0. The predicted molar refractivity (Wildman–Crippen MR) is 50.9 cm³/mol. The summed E-state index contributed by atoms with van der Waals surface area (Å²) < 4.78 is 0. The highest BCUT2D eigenvalue weighted by molar-refractivity contribution is 5.57. The third kappa shape index (κ3) is 2.47. The molecular formula is C11H18O. The first-order valence-corrected chi connectivity index (χ1v) is 4.88. The van der Waals surface area contributed by atoms with Gasteiger partial charge in [-0.2, -0.15) is 0 Å². The van der Waals surface area contributed by atoms with E-state index in [1.54, 1.807) is 0 Å². The number of hydrogen-bond donors (Lipinski definition) is 0. The second-order valence-corrected chi connectivity index (χ2v) is 3.91. The van der Waals surface area contributed by atoms with Crippen LogP contribution in [-0.4, -0.2) is 6.29 Å². The van der Waals surface area contributed by atoms with E-state index in [0.717, 1.165) is 18.6 Å². The molecule has 0 N–H and O–H groups in total. The highest BCUT2D eigenvalue weighted by Gasteiger charge is 2.19. The van der Waals surface area contributed by atoms with Crippen LogP contribution in [0.3, 0.4) is 0 Å². The van der Waals surface area contributed by atoms with Crippen LogP contribution in [0, 0.1) is 11.8 Å². The molecule has 0 heterocycles. The van der Waals surface area contributed by atoms with Gasteiger partial charge in [0.05, 0.1) is 0 Å². The van der Waals surface area contributed by atoms with Gasteiger partial charge < -0.3 is 4.79 Å². The minimum absolute atomic E-state index is 0.204. The Morgan fingerprint density at radius 3 is 3.00 bits per heavy atom. The maximum atomic E-state index is 10.6. The molecule has 0 saturated heterocycles. The maximum Gasteiger partial charge on any atom is 0.126 e. The van der Waals surface area contributed by atoms with Crippen molar-refractivity contribution in [3.8, 4) is 0 Å². The molecule has 0 aromatic rings. The zero-order chi connectivity index (χ0) is 8.97. The van der Waals surface area contributed by atoms with Gasteiger partial charge in [0, 0.05) is 5.92 Å². The third-order valence-corrected chi connectivity index (χ3v) is 2.59. The molecule has 1 aliphatic carbocycles. The van der Waals surface area contributed by atoms with E-state index in [4.69, 9.17) is 0 Å². The second-order valence-electron chi connectivity index (χ2n) is 3.91. The van der Waals surface area contributed by atoms with E-state index in [0.29, 0.717) is 0 Å². The average Bonchev–Trinajstić information content (AvgIpc) is 2.04. The lowest BCUT2D eigenvalue weighted by molar-refractivity contribution is -0.110. The Bertz CT molecular complexity index is 181. The average molecular weight is 166 g/mol. The number of allylic oxidation sites excluding steroid dienone is 2. The quantitative estimate of drug-likeness (QED) is 0.465. The van der Waals surface area contributed by atoms with E-state index in [1.165, 1.54) is 24.8 Å². The van der Waals surface area contributed by atoms with Crippen molar-refractivity contribution in [1.29, 1.82) is 0 Å². The van der Waals surface area contributed by atoms with Crippen molar-refractivity contribution < 1.29 is 4.79 Å². The number of hydrogen-bond acceptors (Lipinski definition) is 1. The van der Waals surface area contributed by atoms with Crippen LogP contribution in [0.25, 0.3) is 0 Å². The molecular weight excluding hydrogens is 148 g/mol. The minimum atomic E-state index is 0.204. The summed E-state index contributed by atoms with van der Waals surface area (Å²) in [6.07, 6.45) is 8.01. The summed E-state index contributed by atoms with van der Waals surface area (Å²) in [6.45, 7) is 4.35. The van der Waals surface area contributed by atoms with Crippen molar-refractivity contribution in [3.63, 3.8) is 0 Å². The fourth-order valence-corrected chi connectivity index (χ4v) is 2.15. The Morgan fingerprint density at radius 1 is 1.67 bits per heavy atom. The summed E-state index contributed by atoms with van der Waals surface area (Å²) in [5, 5.41) is 0. The first-order chi connectivity index (χ1) is 5.76. The van der Waals surface area contributed by atoms with Crippen LogP contribution in [-0.2, 0) is 4.79 Å². The standard InChI is InChI=1S/C11H18O/c1-3-4-10-5-9(2)6-11(7-10)8-12/h6,8,10-11H,3-5,7H2,1-2H3. The van der Waals surface area contributed by atoms with Crippen LogP contribution in [0.5, 0.6) is 0 Å². The van der Waals surface area contributed by atoms with Crippen LogP contribution >= 0.6 is 0 Å². The van der Waals surface area contributed by atoms with Crippen molar-refractivity contribution in [2.75, 3.05) is 0 Å². The largest absolute Gasteiger partial charge is 0.303 e. The molecule has 1 rings (SSSR count). The van der Waals surface area contributed by atoms with Gasteiger partial charge >= 0.3 is 0 Å². The zero-order valence-corrected chi connectivity index (χ0v) is 8.05. The highest BCUT2D eigenvalue weighted by Crippen LogP contribution is 2.29. The molecule has 0 aliphatic heterocycles. The molecule has 0 radical (unpaired) electrons. The van der Waals surface area contributed by atoms with Gasteiger partial charge in [-0.05, 0) is 25.7 Å². The van der Waals surface area contributed by atoms with Crippen LogP contribution in [0.2, 0.25) is 0 Å². The molecule has 0 aromatic carbocycles. The monoisotopic (exact) mass is 166 g/mol. The molecule has 0 saturated carbocycles. The molecule has 1 aliphatic rings. The SMILES string of the molecule is CCCC1CC(C)=CC(C=O)C1. The van der Waals surface area contributed by atoms with E-state index in [1.807, 2.05) is 0 Å². The lowest BCUT2D eigenvalue weighted by Gasteiger charge is -2.23. The van der Waals surface area contributed by atoms with Gasteiger partial charge in [-0.3, -0.25) is 0 Å². The summed E-state index contributed by atoms with van der Waals surface area (Å²) in [6, 6.07) is 0. The molecule has 2 unspecified atom stereocenters. The van der Waals surface area contributed by atoms with Crippen LogP contribution < -0.4 is 0 Å². The van der Waals surface area contributed by atoms with Gasteiger partial charge in [-0.1, -0.05) is 31.4 Å². The Hall–Kier alpha value is -0.590. The van der Waals surface area contributed by atoms with Gasteiger partial charge in [-0.25, -0.2) is 0 Å². The van der Waals surface area contributed by atoms with Gasteiger partial charge in [0.25, 0.3) is 0 Å². The van der Waals surface area contributed by atoms with Crippen molar-refractivity contribution in [1.82, 2.24) is 0 Å². The smallest absolute Gasteiger partial charge is 0.126 e. The Labute approximate surface area is 74.9 Å². The van der Waals surface area contributed by atoms with Gasteiger partial charge in [0.1, 0.15) is 6.29 Å². The van der Waals surface area contributed by atoms with Crippen LogP contribution in [0.4, 0.5) is 0 Å². The number of carbonyl (C=O) groups is 1. The summed E-state index contributed by atoms with van der Waals surface area (Å²) in [5.74, 6) is 0.963. The van der Waals surface area contributed by atoms with E-state index < -0.39 is 0 Å². The summed E-state index contributed by atoms with van der Waals surface area (Å²) in [4.78, 5) is 10.6. The zero-order valence-electron chi connectivity index (χ0n) is 8.05. The highest BCUT2D eigenvalue weighted by atomic mass is 16.1. The lowest BCUT2D eigenvalue weighted by Crippen LogP contribution is -2.14. The van der Waals surface area contributed by atoms with Gasteiger partial charge in [0.2, 0.25) is 0 Å². The molecule has 0 amide bonds. The Kier molecular flexibility index (Phi) is 3.51. The molecule has 2 atom stereocenters. The number of aldehydes is 1.